The van der Waals surface area contributed by atoms with Gasteiger partial charge in [-0.25, -0.2) is 4.79 Å². The second-order valence-electron chi connectivity index (χ2n) is 3.91. The second-order valence-corrected chi connectivity index (χ2v) is 7.28. The van der Waals surface area contributed by atoms with E-state index < -0.39 is 15.0 Å². The number of carbonyl (C=O) groups excluding carboxylic acids is 1. The number of hydrogen-bond acceptors (Lipinski definition) is 4. The van der Waals surface area contributed by atoms with Gasteiger partial charge in [-0.1, -0.05) is 19.1 Å². The summed E-state index contributed by atoms with van der Waals surface area (Å²) in [5.41, 5.74) is 0. The molecule has 1 aliphatic heterocycles. The maximum Gasteiger partial charge on any atom is 0.508 e. The predicted octanol–water partition coefficient (Wildman–Crippen LogP) is 1.42. The number of cyclic esters (lactones) is 2. The first kappa shape index (κ1) is 11.5. The average Bonchev–Trinajstić information content (AvgIpc) is 2.50. The van der Waals surface area contributed by atoms with Crippen LogP contribution in [-0.4, -0.2) is 40.9 Å². The molecule has 0 aromatic rings. The van der Waals surface area contributed by atoms with Gasteiger partial charge in [0.25, 0.3) is 0 Å². The number of rotatable bonds is 6. The van der Waals surface area contributed by atoms with Crippen molar-refractivity contribution in [1.82, 2.24) is 0 Å². The summed E-state index contributed by atoms with van der Waals surface area (Å²) in [6.45, 7) is 6.21. The third-order valence-electron chi connectivity index (χ3n) is 2.02. The van der Waals surface area contributed by atoms with Crippen LogP contribution < -0.4 is 0 Å². The number of carbonyl (C=O) groups is 1. The van der Waals surface area contributed by atoms with Gasteiger partial charge in [-0.3, -0.25) is 0 Å². The lowest BCUT2D eigenvalue weighted by Crippen LogP contribution is -2.18. The van der Waals surface area contributed by atoms with Crippen molar-refractivity contribution in [2.24, 2.45) is 0 Å². The Morgan fingerprint density at radius 3 is 2.93 bits per heavy atom. The standard InChI is InChI=1S/C9H18O4Si/c1-14(2)5-3-4-11-6-8-7-12-9(10)13-8/h8,14H,3-7H2,1-2H3. The highest BCUT2D eigenvalue weighted by Gasteiger charge is 2.24. The summed E-state index contributed by atoms with van der Waals surface area (Å²) < 4.78 is 14.8. The maximum absolute atomic E-state index is 10.5. The van der Waals surface area contributed by atoms with Crippen molar-refractivity contribution in [2.75, 3.05) is 19.8 Å². The predicted molar refractivity (Wildman–Crippen MR) is 55.3 cm³/mol. The third kappa shape index (κ3) is 4.62. The van der Waals surface area contributed by atoms with Gasteiger partial charge in [-0.05, 0) is 6.42 Å². The van der Waals surface area contributed by atoms with E-state index in [4.69, 9.17) is 9.47 Å². The molecule has 1 saturated heterocycles. The fraction of sp³-hybridized carbons (Fsp3) is 0.889. The van der Waals surface area contributed by atoms with Crippen LogP contribution in [0.3, 0.4) is 0 Å². The quantitative estimate of drug-likeness (QED) is 0.384. The summed E-state index contributed by atoms with van der Waals surface area (Å²) in [4.78, 5) is 10.5. The lowest BCUT2D eigenvalue weighted by atomic mass is 10.4. The molecule has 1 rings (SSSR count). The minimum atomic E-state index is -0.576. The van der Waals surface area contributed by atoms with Gasteiger partial charge in [0.05, 0.1) is 6.61 Å². The Labute approximate surface area is 86.1 Å². The first-order chi connectivity index (χ1) is 6.68. The van der Waals surface area contributed by atoms with Crippen LogP contribution in [0.25, 0.3) is 0 Å². The zero-order chi connectivity index (χ0) is 10.4. The summed E-state index contributed by atoms with van der Waals surface area (Å²) in [5.74, 6) is 0. The lowest BCUT2D eigenvalue weighted by Gasteiger charge is -2.08. The van der Waals surface area contributed by atoms with E-state index in [1.807, 2.05) is 0 Å². The van der Waals surface area contributed by atoms with Crippen LogP contribution in [0.4, 0.5) is 4.79 Å². The highest BCUT2D eigenvalue weighted by atomic mass is 28.3. The Balaban J connectivity index is 1.91. The van der Waals surface area contributed by atoms with Crippen molar-refractivity contribution in [3.8, 4) is 0 Å². The molecule has 0 saturated carbocycles. The summed E-state index contributed by atoms with van der Waals surface area (Å²) in [7, 11) is -0.440. The molecule has 0 amide bonds. The van der Waals surface area contributed by atoms with Crippen LogP contribution >= 0.6 is 0 Å². The highest BCUT2D eigenvalue weighted by molar-refractivity contribution is 6.55. The Morgan fingerprint density at radius 1 is 1.57 bits per heavy atom. The Morgan fingerprint density at radius 2 is 2.36 bits per heavy atom. The van der Waals surface area contributed by atoms with E-state index in [2.05, 4.69) is 17.8 Å². The van der Waals surface area contributed by atoms with Crippen LogP contribution in [-0.2, 0) is 14.2 Å². The van der Waals surface area contributed by atoms with E-state index in [0.29, 0.717) is 13.2 Å². The topological polar surface area (TPSA) is 44.8 Å². The molecule has 0 aromatic carbocycles. The molecule has 1 unspecified atom stereocenters. The summed E-state index contributed by atoms with van der Waals surface area (Å²) in [5, 5.41) is 0. The Bertz CT molecular complexity index is 184. The van der Waals surface area contributed by atoms with Gasteiger partial charge in [0.1, 0.15) is 6.61 Å². The summed E-state index contributed by atoms with van der Waals surface area (Å²) >= 11 is 0. The molecule has 4 nitrogen and oxygen atoms in total. The van der Waals surface area contributed by atoms with Gasteiger partial charge in [0.2, 0.25) is 0 Å². The monoisotopic (exact) mass is 218 g/mol. The molecule has 0 aliphatic carbocycles. The molecule has 1 heterocycles. The first-order valence-electron chi connectivity index (χ1n) is 5.09. The van der Waals surface area contributed by atoms with E-state index >= 15 is 0 Å². The Kier molecular flexibility index (Phi) is 4.96. The molecule has 0 bridgehead atoms. The average molecular weight is 218 g/mol. The van der Waals surface area contributed by atoms with Crippen LogP contribution in [0.1, 0.15) is 6.42 Å². The molecular weight excluding hydrogens is 200 g/mol. The molecule has 1 aliphatic rings. The summed E-state index contributed by atoms with van der Waals surface area (Å²) in [6.07, 6.45) is 0.345. The van der Waals surface area contributed by atoms with E-state index in [9.17, 15) is 4.79 Å². The number of hydrogen-bond donors (Lipinski definition) is 0. The molecule has 0 spiro atoms. The zero-order valence-corrected chi connectivity index (χ0v) is 9.98. The largest absolute Gasteiger partial charge is 0.508 e. The zero-order valence-electron chi connectivity index (χ0n) is 8.82. The van der Waals surface area contributed by atoms with Gasteiger partial charge < -0.3 is 14.2 Å². The van der Waals surface area contributed by atoms with Crippen molar-refractivity contribution >= 4 is 15.0 Å². The van der Waals surface area contributed by atoms with E-state index in [1.54, 1.807) is 0 Å². The van der Waals surface area contributed by atoms with Crippen molar-refractivity contribution in [3.05, 3.63) is 0 Å². The summed E-state index contributed by atoms with van der Waals surface area (Å²) in [6, 6.07) is 1.31. The van der Waals surface area contributed by atoms with Crippen molar-refractivity contribution in [3.63, 3.8) is 0 Å². The maximum atomic E-state index is 10.5. The third-order valence-corrected chi connectivity index (χ3v) is 3.59. The van der Waals surface area contributed by atoms with E-state index in [-0.39, 0.29) is 6.10 Å². The van der Waals surface area contributed by atoms with Crippen molar-refractivity contribution < 1.29 is 19.0 Å². The number of ether oxygens (including phenoxy) is 3. The van der Waals surface area contributed by atoms with Gasteiger partial charge in [-0.15, -0.1) is 0 Å². The fourth-order valence-corrected chi connectivity index (χ4v) is 2.24. The van der Waals surface area contributed by atoms with Crippen LogP contribution in [0, 0.1) is 0 Å². The molecular formula is C9H18O4Si. The lowest BCUT2D eigenvalue weighted by molar-refractivity contribution is 0.0462. The highest BCUT2D eigenvalue weighted by Crippen LogP contribution is 2.06. The van der Waals surface area contributed by atoms with Crippen LogP contribution in [0.2, 0.25) is 19.1 Å². The van der Waals surface area contributed by atoms with Crippen LogP contribution in [0.15, 0.2) is 0 Å². The molecule has 0 N–H and O–H groups in total. The molecule has 0 radical (unpaired) electrons. The van der Waals surface area contributed by atoms with Crippen molar-refractivity contribution in [1.29, 1.82) is 0 Å². The Hall–Kier alpha value is -0.553. The van der Waals surface area contributed by atoms with E-state index in [0.717, 1.165) is 13.0 Å². The van der Waals surface area contributed by atoms with Gasteiger partial charge in [-0.2, -0.15) is 0 Å². The molecule has 1 fully saturated rings. The molecule has 0 aromatic heterocycles. The second kappa shape index (κ2) is 6.03. The van der Waals surface area contributed by atoms with Gasteiger partial charge in [0, 0.05) is 15.4 Å². The first-order valence-corrected chi connectivity index (χ1v) is 8.22. The molecule has 1 atom stereocenters. The smallest absolute Gasteiger partial charge is 0.430 e. The SMILES string of the molecule is C[SiH](C)CCCOCC1COC(=O)O1. The molecule has 5 heteroatoms. The fourth-order valence-electron chi connectivity index (χ4n) is 1.26. The van der Waals surface area contributed by atoms with E-state index in [1.165, 1.54) is 6.04 Å². The minimum Gasteiger partial charge on any atom is -0.430 e. The molecule has 14 heavy (non-hydrogen) atoms. The van der Waals surface area contributed by atoms with Crippen molar-refractivity contribution in [2.45, 2.75) is 31.7 Å². The normalized spacial score (nSPS) is 21.1. The van der Waals surface area contributed by atoms with Crippen LogP contribution in [0.5, 0.6) is 0 Å². The van der Waals surface area contributed by atoms with Gasteiger partial charge in [0.15, 0.2) is 6.10 Å². The minimum absolute atomic E-state index is 0.196. The molecule has 82 valence electrons. The van der Waals surface area contributed by atoms with Gasteiger partial charge >= 0.3 is 6.16 Å².